The summed E-state index contributed by atoms with van der Waals surface area (Å²) in [5, 5.41) is 10.9. The van der Waals surface area contributed by atoms with Crippen molar-refractivity contribution in [2.45, 2.75) is 51.5 Å². The second kappa shape index (κ2) is 9.18. The minimum atomic E-state index is -4.43. The van der Waals surface area contributed by atoms with E-state index >= 15 is 0 Å². The van der Waals surface area contributed by atoms with E-state index in [2.05, 4.69) is 32.7 Å². The number of piperidine rings is 1. The molecule has 3 heterocycles. The van der Waals surface area contributed by atoms with Gasteiger partial charge in [-0.25, -0.2) is 0 Å². The number of likely N-dealkylation sites (tertiary alicyclic amines) is 1. The van der Waals surface area contributed by atoms with Gasteiger partial charge in [-0.2, -0.15) is 18.2 Å². The first-order chi connectivity index (χ1) is 16.7. The second-order valence-corrected chi connectivity index (χ2v) is 9.74. The highest BCUT2D eigenvalue weighted by Crippen LogP contribution is 2.38. The molecule has 1 aliphatic heterocycles. The fourth-order valence-corrected chi connectivity index (χ4v) is 4.73. The van der Waals surface area contributed by atoms with Gasteiger partial charge in [0.2, 0.25) is 17.6 Å². The number of hydrogen-bond acceptors (Lipinski definition) is 6. The quantitative estimate of drug-likeness (QED) is 0.520. The first kappa shape index (κ1) is 23.7. The summed E-state index contributed by atoms with van der Waals surface area (Å²) in [7, 11) is 2.08. The molecule has 3 aromatic rings. The summed E-state index contributed by atoms with van der Waals surface area (Å²) in [5.74, 6) is 0.494. The van der Waals surface area contributed by atoms with Crippen LogP contribution in [0.4, 0.5) is 18.9 Å². The van der Waals surface area contributed by atoms with Crippen LogP contribution in [0.3, 0.4) is 0 Å². The number of hydrogen-bond donors (Lipinski definition) is 2. The third-order valence-electron chi connectivity index (χ3n) is 6.92. The number of alkyl halides is 3. The number of benzene rings is 1. The first-order valence-electron chi connectivity index (χ1n) is 11.9. The van der Waals surface area contributed by atoms with Crippen molar-refractivity contribution in [1.82, 2.24) is 24.9 Å². The SMILES string of the molecule is C[C@@H]1C[C@H]1C(=O)NCc1nc(-c2cc3c(NC4CCN(C)CC4)cccc3n2CC(F)(F)F)no1. The third kappa shape index (κ3) is 5.29. The minimum Gasteiger partial charge on any atom is -0.382 e. The van der Waals surface area contributed by atoms with Crippen molar-refractivity contribution in [2.75, 3.05) is 25.5 Å². The largest absolute Gasteiger partial charge is 0.406 e. The maximum absolute atomic E-state index is 13.5. The van der Waals surface area contributed by atoms with Gasteiger partial charge in [0.15, 0.2) is 0 Å². The fraction of sp³-hybridized carbons (Fsp3) is 0.542. The molecule has 2 aliphatic rings. The highest BCUT2D eigenvalue weighted by Gasteiger charge is 2.39. The molecule has 1 aromatic carbocycles. The van der Waals surface area contributed by atoms with Gasteiger partial charge in [0.05, 0.1) is 17.8 Å². The van der Waals surface area contributed by atoms with Crippen LogP contribution in [0.5, 0.6) is 0 Å². The van der Waals surface area contributed by atoms with Crippen LogP contribution in [0.15, 0.2) is 28.8 Å². The smallest absolute Gasteiger partial charge is 0.382 e. The number of halogens is 3. The molecule has 1 saturated carbocycles. The number of carbonyl (C=O) groups is 1. The van der Waals surface area contributed by atoms with Crippen molar-refractivity contribution in [3.8, 4) is 11.5 Å². The highest BCUT2D eigenvalue weighted by atomic mass is 19.4. The Morgan fingerprint density at radius 1 is 1.26 bits per heavy atom. The van der Waals surface area contributed by atoms with Gasteiger partial charge in [-0.1, -0.05) is 18.1 Å². The minimum absolute atomic E-state index is 0.00203. The second-order valence-electron chi connectivity index (χ2n) is 9.74. The molecule has 2 aromatic heterocycles. The van der Waals surface area contributed by atoms with Crippen LogP contribution < -0.4 is 10.6 Å². The highest BCUT2D eigenvalue weighted by molar-refractivity contribution is 5.96. The number of rotatable bonds is 7. The topological polar surface area (TPSA) is 88.2 Å². The lowest BCUT2D eigenvalue weighted by atomic mass is 10.0. The average molecular weight is 491 g/mol. The molecule has 35 heavy (non-hydrogen) atoms. The van der Waals surface area contributed by atoms with Crippen LogP contribution in [-0.4, -0.2) is 57.9 Å². The Labute approximate surface area is 200 Å². The van der Waals surface area contributed by atoms with E-state index in [1.54, 1.807) is 18.2 Å². The monoisotopic (exact) mass is 490 g/mol. The van der Waals surface area contributed by atoms with Gasteiger partial charge in [0.25, 0.3) is 0 Å². The summed E-state index contributed by atoms with van der Waals surface area (Å²) in [6, 6.07) is 7.24. The van der Waals surface area contributed by atoms with Gasteiger partial charge < -0.3 is 24.6 Å². The number of fused-ring (bicyclic) bond motifs is 1. The van der Waals surface area contributed by atoms with Crippen LogP contribution in [0.1, 0.15) is 32.1 Å². The molecule has 1 saturated heterocycles. The summed E-state index contributed by atoms with van der Waals surface area (Å²) >= 11 is 0. The molecular weight excluding hydrogens is 461 g/mol. The van der Waals surface area contributed by atoms with Crippen LogP contribution in [0.2, 0.25) is 0 Å². The predicted octanol–water partition coefficient (Wildman–Crippen LogP) is 4.03. The van der Waals surface area contributed by atoms with Crippen molar-refractivity contribution < 1.29 is 22.5 Å². The Balaban J connectivity index is 1.43. The Hall–Kier alpha value is -3.08. The Kier molecular flexibility index (Phi) is 6.20. The van der Waals surface area contributed by atoms with E-state index in [1.807, 2.05) is 13.0 Å². The summed E-state index contributed by atoms with van der Waals surface area (Å²) in [4.78, 5) is 18.6. The molecule has 2 atom stereocenters. The van der Waals surface area contributed by atoms with Crippen molar-refractivity contribution in [1.29, 1.82) is 0 Å². The molecule has 0 radical (unpaired) electrons. The van der Waals surface area contributed by atoms with Crippen molar-refractivity contribution >= 4 is 22.5 Å². The van der Waals surface area contributed by atoms with Crippen LogP contribution in [-0.2, 0) is 17.9 Å². The summed E-state index contributed by atoms with van der Waals surface area (Å²) in [5.41, 5.74) is 1.44. The molecule has 0 unspecified atom stereocenters. The Morgan fingerprint density at radius 3 is 2.69 bits per heavy atom. The molecule has 0 spiro atoms. The maximum Gasteiger partial charge on any atom is 0.406 e. The predicted molar refractivity (Wildman–Crippen MR) is 125 cm³/mol. The molecule has 188 valence electrons. The summed E-state index contributed by atoms with van der Waals surface area (Å²) in [6.45, 7) is 2.80. The molecule has 0 bridgehead atoms. The molecule has 2 fully saturated rings. The molecule has 1 amide bonds. The first-order valence-corrected chi connectivity index (χ1v) is 11.9. The normalized spacial score (nSPS) is 21.4. The zero-order valence-corrected chi connectivity index (χ0v) is 19.7. The lowest BCUT2D eigenvalue weighted by molar-refractivity contribution is -0.139. The van der Waals surface area contributed by atoms with E-state index in [-0.39, 0.29) is 41.8 Å². The molecular formula is C24H29F3N6O2. The van der Waals surface area contributed by atoms with Gasteiger partial charge >= 0.3 is 6.18 Å². The Morgan fingerprint density at radius 2 is 2.00 bits per heavy atom. The van der Waals surface area contributed by atoms with Gasteiger partial charge in [0, 0.05) is 23.0 Å². The average Bonchev–Trinajstić information content (AvgIpc) is 3.20. The van der Waals surface area contributed by atoms with E-state index in [0.29, 0.717) is 16.8 Å². The van der Waals surface area contributed by atoms with E-state index in [0.717, 1.165) is 38.0 Å². The van der Waals surface area contributed by atoms with Gasteiger partial charge in [-0.05, 0) is 63.5 Å². The van der Waals surface area contributed by atoms with E-state index < -0.39 is 12.7 Å². The van der Waals surface area contributed by atoms with Gasteiger partial charge in [0.1, 0.15) is 6.54 Å². The fourth-order valence-electron chi connectivity index (χ4n) is 4.73. The van der Waals surface area contributed by atoms with Crippen LogP contribution in [0, 0.1) is 11.8 Å². The number of amides is 1. The van der Waals surface area contributed by atoms with Crippen LogP contribution in [0.25, 0.3) is 22.4 Å². The molecule has 11 heteroatoms. The van der Waals surface area contributed by atoms with E-state index in [1.165, 1.54) is 4.57 Å². The van der Waals surface area contributed by atoms with Crippen LogP contribution >= 0.6 is 0 Å². The molecule has 8 nitrogen and oxygen atoms in total. The third-order valence-corrected chi connectivity index (χ3v) is 6.92. The van der Waals surface area contributed by atoms with E-state index in [9.17, 15) is 18.0 Å². The lowest BCUT2D eigenvalue weighted by Crippen LogP contribution is -2.36. The molecule has 1 aliphatic carbocycles. The maximum atomic E-state index is 13.5. The molecule has 5 rings (SSSR count). The Bertz CT molecular complexity index is 1210. The standard InChI is InChI=1S/C24H29F3N6O2/c1-14-10-16(14)23(34)28-12-21-30-22(31-35-21)20-11-17-18(29-15-6-8-32(2)9-7-15)4-3-5-19(17)33(20)13-24(25,26)27/h3-5,11,14-16,29H,6-10,12-13H2,1-2H3,(H,28,34)/t14-,16-/m1/s1. The number of nitrogens with one attached hydrogen (secondary N) is 2. The van der Waals surface area contributed by atoms with Gasteiger partial charge in [-0.15, -0.1) is 0 Å². The van der Waals surface area contributed by atoms with Crippen molar-refractivity contribution in [3.05, 3.63) is 30.2 Å². The van der Waals surface area contributed by atoms with E-state index in [4.69, 9.17) is 4.52 Å². The molecule has 2 N–H and O–H groups in total. The number of aromatic nitrogens is 3. The zero-order valence-electron chi connectivity index (χ0n) is 19.7. The summed E-state index contributed by atoms with van der Waals surface area (Å²) in [6.07, 6.45) is -1.66. The van der Waals surface area contributed by atoms with Crippen molar-refractivity contribution in [2.24, 2.45) is 11.8 Å². The zero-order chi connectivity index (χ0) is 24.7. The number of anilines is 1. The number of nitrogens with zero attached hydrogens (tertiary/aromatic N) is 4. The number of carbonyl (C=O) groups excluding carboxylic acids is 1. The summed E-state index contributed by atoms with van der Waals surface area (Å²) < 4.78 is 47.0. The lowest BCUT2D eigenvalue weighted by Gasteiger charge is -2.30. The van der Waals surface area contributed by atoms with Crippen molar-refractivity contribution in [3.63, 3.8) is 0 Å². The van der Waals surface area contributed by atoms with Gasteiger partial charge in [-0.3, -0.25) is 4.79 Å².